The van der Waals surface area contributed by atoms with Crippen LogP contribution in [0.3, 0.4) is 0 Å². The Morgan fingerprint density at radius 2 is 1.67 bits per heavy atom. The van der Waals surface area contributed by atoms with Crippen molar-refractivity contribution in [3.63, 3.8) is 0 Å². The quantitative estimate of drug-likeness (QED) is 0.206. The van der Waals surface area contributed by atoms with Crippen molar-refractivity contribution in [2.45, 2.75) is 6.18 Å². The number of anilines is 1. The van der Waals surface area contributed by atoms with Crippen LogP contribution >= 0.6 is 23.2 Å². The molecule has 0 saturated heterocycles. The maximum absolute atomic E-state index is 14.3. The van der Waals surface area contributed by atoms with Crippen molar-refractivity contribution in [3.8, 4) is 11.5 Å². The van der Waals surface area contributed by atoms with Crippen molar-refractivity contribution in [2.75, 3.05) is 4.72 Å². The van der Waals surface area contributed by atoms with E-state index in [2.05, 4.69) is 0 Å². The van der Waals surface area contributed by atoms with Crippen LogP contribution in [-0.2, 0) is 16.4 Å². The van der Waals surface area contributed by atoms with E-state index in [1.165, 1.54) is 24.3 Å². The number of nitrogens with one attached hydrogen (secondary N) is 2. The summed E-state index contributed by atoms with van der Waals surface area (Å²) in [5, 5.41) is 10.9. The molecule has 0 heterocycles. The number of nitrogens with zero attached hydrogens (tertiary/aromatic N) is 1. The van der Waals surface area contributed by atoms with Gasteiger partial charge in [-0.1, -0.05) is 23.2 Å². The molecule has 0 atom stereocenters. The zero-order valence-corrected chi connectivity index (χ0v) is 19.6. The standard InChI is InChI=1S/C20H11Cl2F4N3O6S/c21-11-1-3-12(4-2-11)27-36(33,34)28-19(30)14-9-13(5-6-17(14)29(31)32)35-18-15(22)7-10(8-16(18)23)20(24,25)26/h1-9,27H,(H,28,30). The summed E-state index contributed by atoms with van der Waals surface area (Å²) in [4.78, 5) is 22.9. The summed E-state index contributed by atoms with van der Waals surface area (Å²) >= 11 is 11.4. The fraction of sp³-hybridized carbons (Fsp3) is 0.0500. The molecule has 0 unspecified atom stereocenters. The van der Waals surface area contributed by atoms with Gasteiger partial charge in [0.1, 0.15) is 11.3 Å². The number of halogens is 6. The van der Waals surface area contributed by atoms with Crippen LogP contribution in [0.5, 0.6) is 11.5 Å². The first kappa shape index (κ1) is 27.0. The summed E-state index contributed by atoms with van der Waals surface area (Å²) < 4.78 is 86.0. The molecule has 190 valence electrons. The van der Waals surface area contributed by atoms with Gasteiger partial charge in [-0.25, -0.2) is 9.11 Å². The van der Waals surface area contributed by atoms with E-state index in [0.717, 1.165) is 12.1 Å². The Bertz CT molecular complexity index is 1430. The van der Waals surface area contributed by atoms with Crippen molar-refractivity contribution < 1.29 is 40.4 Å². The van der Waals surface area contributed by atoms with Crippen LogP contribution < -0.4 is 14.2 Å². The average molecular weight is 568 g/mol. The lowest BCUT2D eigenvalue weighted by molar-refractivity contribution is -0.385. The Balaban J connectivity index is 1.91. The lowest BCUT2D eigenvalue weighted by atomic mass is 10.1. The Morgan fingerprint density at radius 3 is 2.22 bits per heavy atom. The minimum absolute atomic E-state index is 0.0127. The Labute approximate surface area is 209 Å². The van der Waals surface area contributed by atoms with Crippen LogP contribution in [0.4, 0.5) is 28.9 Å². The van der Waals surface area contributed by atoms with Crippen molar-refractivity contribution in [1.82, 2.24) is 4.72 Å². The molecule has 16 heteroatoms. The predicted molar refractivity (Wildman–Crippen MR) is 121 cm³/mol. The SMILES string of the molecule is O=C(NS(=O)(=O)Nc1ccc(Cl)cc1)c1cc(Oc2c(F)cc(C(F)(F)F)cc2Cl)ccc1[N+](=O)[O-]. The second kappa shape index (κ2) is 10.2. The molecule has 0 aliphatic carbocycles. The van der Waals surface area contributed by atoms with E-state index in [0.29, 0.717) is 17.2 Å². The Hall–Kier alpha value is -3.62. The van der Waals surface area contributed by atoms with Crippen LogP contribution in [0.1, 0.15) is 15.9 Å². The molecule has 3 aromatic rings. The smallest absolute Gasteiger partial charge is 0.416 e. The van der Waals surface area contributed by atoms with Crippen LogP contribution in [0, 0.1) is 15.9 Å². The van der Waals surface area contributed by atoms with Gasteiger partial charge in [-0.05, 0) is 42.5 Å². The number of rotatable bonds is 7. The number of alkyl halides is 3. The van der Waals surface area contributed by atoms with E-state index < -0.39 is 66.4 Å². The topological polar surface area (TPSA) is 128 Å². The number of amides is 1. The van der Waals surface area contributed by atoms with Gasteiger partial charge in [0.25, 0.3) is 11.6 Å². The molecule has 0 saturated carbocycles. The first-order valence-corrected chi connectivity index (χ1v) is 11.5. The number of carbonyl (C=O) groups excluding carboxylic acids is 1. The third-order valence-electron chi connectivity index (χ3n) is 4.28. The molecule has 0 spiro atoms. The normalized spacial score (nSPS) is 11.6. The minimum Gasteiger partial charge on any atom is -0.453 e. The molecule has 0 bridgehead atoms. The van der Waals surface area contributed by atoms with Crippen molar-refractivity contribution in [2.24, 2.45) is 0 Å². The molecule has 3 aromatic carbocycles. The first-order valence-electron chi connectivity index (χ1n) is 9.29. The molecule has 9 nitrogen and oxygen atoms in total. The number of carbonyl (C=O) groups is 1. The van der Waals surface area contributed by atoms with Crippen LogP contribution in [0.25, 0.3) is 0 Å². The summed E-state index contributed by atoms with van der Waals surface area (Å²) in [6.07, 6.45) is -4.90. The molecule has 0 aliphatic heterocycles. The average Bonchev–Trinajstić information content (AvgIpc) is 2.76. The van der Waals surface area contributed by atoms with Gasteiger partial charge in [0.15, 0.2) is 11.6 Å². The Kier molecular flexibility index (Phi) is 7.62. The van der Waals surface area contributed by atoms with Gasteiger partial charge < -0.3 is 4.74 Å². The molecule has 0 radical (unpaired) electrons. The van der Waals surface area contributed by atoms with Crippen LogP contribution in [-0.4, -0.2) is 19.2 Å². The van der Waals surface area contributed by atoms with Gasteiger partial charge >= 0.3 is 16.4 Å². The van der Waals surface area contributed by atoms with E-state index in [9.17, 15) is 40.9 Å². The lowest BCUT2D eigenvalue weighted by Gasteiger charge is -2.13. The van der Waals surface area contributed by atoms with Crippen LogP contribution in [0.2, 0.25) is 10.0 Å². The maximum Gasteiger partial charge on any atom is 0.416 e. The third kappa shape index (κ3) is 6.53. The second-order valence-electron chi connectivity index (χ2n) is 6.85. The third-order valence-corrected chi connectivity index (χ3v) is 5.77. The van der Waals surface area contributed by atoms with Gasteiger partial charge in [-0.3, -0.25) is 19.6 Å². The van der Waals surface area contributed by atoms with Gasteiger partial charge in [0.2, 0.25) is 0 Å². The highest BCUT2D eigenvalue weighted by molar-refractivity contribution is 7.91. The number of ether oxygens (including phenoxy) is 1. The molecule has 2 N–H and O–H groups in total. The zero-order chi connectivity index (χ0) is 26.8. The fourth-order valence-corrected chi connectivity index (χ4v) is 3.96. The Morgan fingerprint density at radius 1 is 1.03 bits per heavy atom. The van der Waals surface area contributed by atoms with E-state index in [-0.39, 0.29) is 11.8 Å². The van der Waals surface area contributed by atoms with Gasteiger partial charge in [-0.15, -0.1) is 0 Å². The van der Waals surface area contributed by atoms with Crippen molar-refractivity contribution >= 4 is 50.7 Å². The number of benzene rings is 3. The second-order valence-corrected chi connectivity index (χ2v) is 9.11. The molecule has 0 fully saturated rings. The van der Waals surface area contributed by atoms with E-state index in [4.69, 9.17) is 27.9 Å². The highest BCUT2D eigenvalue weighted by Gasteiger charge is 2.33. The van der Waals surface area contributed by atoms with Crippen molar-refractivity contribution in [3.05, 3.63) is 91.7 Å². The molecule has 0 aromatic heterocycles. The number of hydrogen-bond donors (Lipinski definition) is 2. The van der Waals surface area contributed by atoms with E-state index >= 15 is 0 Å². The zero-order valence-electron chi connectivity index (χ0n) is 17.3. The summed E-state index contributed by atoms with van der Waals surface area (Å²) in [5.41, 5.74) is -3.04. The fourth-order valence-electron chi connectivity index (χ4n) is 2.73. The van der Waals surface area contributed by atoms with E-state index in [1.807, 2.05) is 4.72 Å². The molecule has 1 amide bonds. The minimum atomic E-state index is -4.90. The van der Waals surface area contributed by atoms with Gasteiger partial charge in [0, 0.05) is 17.2 Å². The number of nitro benzene ring substituents is 1. The summed E-state index contributed by atoms with van der Waals surface area (Å²) in [6.45, 7) is 0. The molecular weight excluding hydrogens is 557 g/mol. The first-order chi connectivity index (χ1) is 16.7. The van der Waals surface area contributed by atoms with E-state index in [1.54, 1.807) is 4.72 Å². The van der Waals surface area contributed by atoms with Crippen LogP contribution in [0.15, 0.2) is 54.6 Å². The lowest BCUT2D eigenvalue weighted by Crippen LogP contribution is -2.35. The van der Waals surface area contributed by atoms with Crippen molar-refractivity contribution in [1.29, 1.82) is 0 Å². The summed E-state index contributed by atoms with van der Waals surface area (Å²) in [5.74, 6) is -4.29. The van der Waals surface area contributed by atoms with Gasteiger partial charge in [0.05, 0.1) is 21.2 Å². The highest BCUT2D eigenvalue weighted by atomic mass is 35.5. The molecule has 0 aliphatic rings. The van der Waals surface area contributed by atoms with Gasteiger partial charge in [-0.2, -0.15) is 21.6 Å². The summed E-state index contributed by atoms with van der Waals surface area (Å²) in [6, 6.07) is 8.15. The summed E-state index contributed by atoms with van der Waals surface area (Å²) in [7, 11) is -4.58. The number of nitro groups is 1. The predicted octanol–water partition coefficient (Wildman–Crippen LogP) is 5.94. The largest absolute Gasteiger partial charge is 0.453 e. The monoisotopic (exact) mass is 567 g/mol. The molecule has 3 rings (SSSR count). The molecular formula is C20H11Cl2F4N3O6S. The number of hydrogen-bond acceptors (Lipinski definition) is 6. The highest BCUT2D eigenvalue weighted by Crippen LogP contribution is 2.39. The molecule has 36 heavy (non-hydrogen) atoms. The maximum atomic E-state index is 14.3.